The van der Waals surface area contributed by atoms with Gasteiger partial charge in [-0.15, -0.1) is 0 Å². The number of rotatable bonds is 2. The standard InChI is InChI=1S/C12H23NO.C2H4O2/c14-11-12(7-3-1-4-8-12)13-9-5-2-6-10-13;1-2(3)4/h14H,1-11H2;1H3,(H,3,4). The number of aliphatic carboxylic acids is 1. The Bertz CT molecular complexity index is 239. The van der Waals surface area contributed by atoms with Gasteiger partial charge in [0.1, 0.15) is 0 Å². The number of carboxylic acids is 1. The number of aliphatic hydroxyl groups excluding tert-OH is 1. The molecule has 0 amide bonds. The summed E-state index contributed by atoms with van der Waals surface area (Å²) in [6.45, 7) is 3.91. The molecule has 18 heavy (non-hydrogen) atoms. The van der Waals surface area contributed by atoms with Crippen LogP contribution in [0.3, 0.4) is 0 Å². The molecule has 4 heteroatoms. The van der Waals surface area contributed by atoms with E-state index in [1.54, 1.807) is 0 Å². The summed E-state index contributed by atoms with van der Waals surface area (Å²) in [5.74, 6) is -0.833. The van der Waals surface area contributed by atoms with Gasteiger partial charge in [-0.05, 0) is 38.8 Å². The van der Waals surface area contributed by atoms with Crippen LogP contribution in [-0.2, 0) is 4.79 Å². The number of carboxylic acid groups (broad SMARTS) is 1. The molecule has 0 aromatic heterocycles. The van der Waals surface area contributed by atoms with Crippen LogP contribution in [-0.4, -0.2) is 46.3 Å². The fourth-order valence-electron chi connectivity index (χ4n) is 3.15. The van der Waals surface area contributed by atoms with Crippen LogP contribution < -0.4 is 0 Å². The van der Waals surface area contributed by atoms with Crippen LogP contribution in [0, 0.1) is 0 Å². The van der Waals surface area contributed by atoms with Gasteiger partial charge in [-0.25, -0.2) is 0 Å². The third kappa shape index (κ3) is 4.58. The smallest absolute Gasteiger partial charge is 0.300 e. The van der Waals surface area contributed by atoms with Crippen LogP contribution in [0.15, 0.2) is 0 Å². The van der Waals surface area contributed by atoms with Crippen molar-refractivity contribution in [2.45, 2.75) is 63.8 Å². The minimum absolute atomic E-state index is 0.179. The van der Waals surface area contributed by atoms with E-state index in [1.165, 1.54) is 64.5 Å². The molecule has 1 heterocycles. The predicted octanol–water partition coefficient (Wildman–Crippen LogP) is 2.26. The monoisotopic (exact) mass is 257 g/mol. The Kier molecular flexibility index (Phi) is 6.65. The molecule has 0 aromatic carbocycles. The fourth-order valence-corrected chi connectivity index (χ4v) is 3.15. The summed E-state index contributed by atoms with van der Waals surface area (Å²) in [6.07, 6.45) is 10.5. The Morgan fingerprint density at radius 1 is 1.06 bits per heavy atom. The first-order chi connectivity index (χ1) is 8.60. The first-order valence-electron chi connectivity index (χ1n) is 7.16. The van der Waals surface area contributed by atoms with Crippen LogP contribution >= 0.6 is 0 Å². The lowest BCUT2D eigenvalue weighted by molar-refractivity contribution is -0.134. The number of aliphatic hydroxyl groups is 1. The van der Waals surface area contributed by atoms with Crippen molar-refractivity contribution in [3.63, 3.8) is 0 Å². The Morgan fingerprint density at radius 2 is 1.50 bits per heavy atom. The van der Waals surface area contributed by atoms with Gasteiger partial charge in [0.2, 0.25) is 0 Å². The molecule has 2 fully saturated rings. The number of hydrogen-bond acceptors (Lipinski definition) is 3. The van der Waals surface area contributed by atoms with E-state index in [0.717, 1.165) is 6.92 Å². The predicted molar refractivity (Wildman–Crippen MR) is 71.6 cm³/mol. The zero-order valence-corrected chi connectivity index (χ0v) is 11.5. The first-order valence-corrected chi connectivity index (χ1v) is 7.16. The van der Waals surface area contributed by atoms with Crippen molar-refractivity contribution in [1.82, 2.24) is 4.90 Å². The van der Waals surface area contributed by atoms with Gasteiger partial charge in [0.05, 0.1) is 6.61 Å². The van der Waals surface area contributed by atoms with Crippen LogP contribution in [0.4, 0.5) is 0 Å². The van der Waals surface area contributed by atoms with Crippen molar-refractivity contribution in [3.8, 4) is 0 Å². The number of piperidine rings is 1. The van der Waals surface area contributed by atoms with E-state index in [1.807, 2.05) is 0 Å². The molecule has 2 N–H and O–H groups in total. The highest BCUT2D eigenvalue weighted by Gasteiger charge is 2.37. The molecule has 4 nitrogen and oxygen atoms in total. The van der Waals surface area contributed by atoms with Crippen molar-refractivity contribution in [1.29, 1.82) is 0 Å². The Labute approximate surface area is 110 Å². The van der Waals surface area contributed by atoms with Crippen molar-refractivity contribution < 1.29 is 15.0 Å². The van der Waals surface area contributed by atoms with Crippen molar-refractivity contribution >= 4 is 5.97 Å². The van der Waals surface area contributed by atoms with Crippen molar-refractivity contribution in [2.75, 3.05) is 19.7 Å². The van der Waals surface area contributed by atoms with E-state index >= 15 is 0 Å². The zero-order valence-electron chi connectivity index (χ0n) is 11.5. The average molecular weight is 257 g/mol. The molecule has 0 unspecified atom stereocenters. The number of carbonyl (C=O) groups is 1. The van der Waals surface area contributed by atoms with Gasteiger partial charge >= 0.3 is 0 Å². The summed E-state index contributed by atoms with van der Waals surface area (Å²) in [5.41, 5.74) is 0.179. The molecular weight excluding hydrogens is 230 g/mol. The minimum atomic E-state index is -0.833. The summed E-state index contributed by atoms with van der Waals surface area (Å²) in [4.78, 5) is 11.6. The largest absolute Gasteiger partial charge is 0.481 e. The van der Waals surface area contributed by atoms with Crippen LogP contribution in [0.5, 0.6) is 0 Å². The second kappa shape index (κ2) is 7.74. The summed E-state index contributed by atoms with van der Waals surface area (Å²) in [5, 5.41) is 17.1. The Hall–Kier alpha value is -0.610. The molecule has 1 aliphatic heterocycles. The summed E-state index contributed by atoms with van der Waals surface area (Å²) in [6, 6.07) is 0. The van der Waals surface area contributed by atoms with Crippen LogP contribution in [0.1, 0.15) is 58.3 Å². The van der Waals surface area contributed by atoms with Gasteiger partial charge in [-0.2, -0.15) is 0 Å². The molecule has 106 valence electrons. The molecule has 0 aromatic rings. The highest BCUT2D eigenvalue weighted by molar-refractivity contribution is 5.62. The molecule has 1 saturated heterocycles. The summed E-state index contributed by atoms with van der Waals surface area (Å²) in [7, 11) is 0. The van der Waals surface area contributed by atoms with Gasteiger partial charge in [0.25, 0.3) is 5.97 Å². The minimum Gasteiger partial charge on any atom is -0.481 e. The first kappa shape index (κ1) is 15.4. The lowest BCUT2D eigenvalue weighted by Gasteiger charge is -2.47. The fraction of sp³-hybridized carbons (Fsp3) is 0.929. The van der Waals surface area contributed by atoms with E-state index in [9.17, 15) is 5.11 Å². The summed E-state index contributed by atoms with van der Waals surface area (Å²) >= 11 is 0. The van der Waals surface area contributed by atoms with Gasteiger partial charge in [-0.3, -0.25) is 9.69 Å². The lowest BCUT2D eigenvalue weighted by atomic mass is 9.80. The van der Waals surface area contributed by atoms with Gasteiger partial charge in [0.15, 0.2) is 0 Å². The molecule has 0 spiro atoms. The zero-order chi connectivity index (χ0) is 13.4. The van der Waals surface area contributed by atoms with Gasteiger partial charge in [-0.1, -0.05) is 25.7 Å². The lowest BCUT2D eigenvalue weighted by Crippen LogP contribution is -2.54. The second-order valence-corrected chi connectivity index (χ2v) is 5.51. The molecule has 2 aliphatic rings. The third-order valence-electron chi connectivity index (χ3n) is 4.11. The van der Waals surface area contributed by atoms with Crippen LogP contribution in [0.2, 0.25) is 0 Å². The molecule has 2 rings (SSSR count). The summed E-state index contributed by atoms with van der Waals surface area (Å²) < 4.78 is 0. The normalized spacial score (nSPS) is 23.9. The topological polar surface area (TPSA) is 60.8 Å². The maximum Gasteiger partial charge on any atom is 0.300 e. The van der Waals surface area contributed by atoms with Crippen LogP contribution in [0.25, 0.3) is 0 Å². The quantitative estimate of drug-likeness (QED) is 0.796. The van der Waals surface area contributed by atoms with E-state index in [0.29, 0.717) is 6.61 Å². The van der Waals surface area contributed by atoms with Crippen molar-refractivity contribution in [3.05, 3.63) is 0 Å². The number of likely N-dealkylation sites (tertiary alicyclic amines) is 1. The highest BCUT2D eigenvalue weighted by Crippen LogP contribution is 2.34. The van der Waals surface area contributed by atoms with Gasteiger partial charge < -0.3 is 10.2 Å². The highest BCUT2D eigenvalue weighted by atomic mass is 16.4. The van der Waals surface area contributed by atoms with E-state index in [4.69, 9.17) is 9.90 Å². The molecule has 0 radical (unpaired) electrons. The molecule has 1 aliphatic carbocycles. The van der Waals surface area contributed by atoms with E-state index in [2.05, 4.69) is 4.90 Å². The molecule has 0 atom stereocenters. The van der Waals surface area contributed by atoms with E-state index in [-0.39, 0.29) is 5.54 Å². The maximum atomic E-state index is 9.65. The second-order valence-electron chi connectivity index (χ2n) is 5.51. The number of nitrogens with zero attached hydrogens (tertiary/aromatic N) is 1. The molecular formula is C14H27NO3. The van der Waals surface area contributed by atoms with Crippen molar-refractivity contribution in [2.24, 2.45) is 0 Å². The molecule has 1 saturated carbocycles. The Balaban J connectivity index is 0.000000357. The van der Waals surface area contributed by atoms with E-state index < -0.39 is 5.97 Å². The molecule has 0 bridgehead atoms. The third-order valence-corrected chi connectivity index (χ3v) is 4.11. The van der Waals surface area contributed by atoms with Gasteiger partial charge in [0, 0.05) is 12.5 Å². The maximum absolute atomic E-state index is 9.65. The number of hydrogen-bond donors (Lipinski definition) is 2. The average Bonchev–Trinajstić information content (AvgIpc) is 2.40. The SMILES string of the molecule is CC(=O)O.OCC1(N2CCCCC2)CCCCC1. The Morgan fingerprint density at radius 3 is 1.94 bits per heavy atom.